The van der Waals surface area contributed by atoms with Crippen LogP contribution in [0.1, 0.15) is 22.4 Å². The maximum absolute atomic E-state index is 6.32. The molecule has 2 rings (SSSR count). The van der Waals surface area contributed by atoms with Crippen molar-refractivity contribution < 1.29 is 0 Å². The van der Waals surface area contributed by atoms with Gasteiger partial charge in [0.2, 0.25) is 0 Å². The number of nitrogens with one attached hydrogen (secondary N) is 1. The van der Waals surface area contributed by atoms with E-state index >= 15 is 0 Å². The molecular weight excluding hydrogens is 270 g/mol. The van der Waals surface area contributed by atoms with Crippen LogP contribution in [0.3, 0.4) is 0 Å². The number of aromatic nitrogens is 2. The van der Waals surface area contributed by atoms with Gasteiger partial charge in [0.1, 0.15) is 5.15 Å². The molecule has 1 heterocycles. The Kier molecular flexibility index (Phi) is 4.84. The summed E-state index contributed by atoms with van der Waals surface area (Å²) in [6, 6.07) is 9.01. The van der Waals surface area contributed by atoms with Crippen molar-refractivity contribution in [2.24, 2.45) is 7.05 Å². The molecule has 0 fully saturated rings. The molecule has 0 amide bonds. The summed E-state index contributed by atoms with van der Waals surface area (Å²) >= 11 is 6.32. The maximum atomic E-state index is 6.32. The molecule has 1 aromatic heterocycles. The molecule has 0 aliphatic carbocycles. The Balaban J connectivity index is 2.13. The number of hydrogen-bond acceptors (Lipinski definition) is 2. The zero-order valence-electron chi connectivity index (χ0n) is 12.6. The van der Waals surface area contributed by atoms with E-state index in [0.29, 0.717) is 6.04 Å². The average Bonchev–Trinajstić information content (AvgIpc) is 2.64. The summed E-state index contributed by atoms with van der Waals surface area (Å²) in [6.45, 7) is 4.14. The van der Waals surface area contributed by atoms with E-state index < -0.39 is 0 Å². The number of rotatable bonds is 5. The van der Waals surface area contributed by atoms with Crippen molar-refractivity contribution in [1.82, 2.24) is 15.1 Å². The number of hydrogen-bond donors (Lipinski definition) is 1. The van der Waals surface area contributed by atoms with Gasteiger partial charge in [0, 0.05) is 18.7 Å². The third kappa shape index (κ3) is 3.41. The van der Waals surface area contributed by atoms with E-state index in [9.17, 15) is 0 Å². The highest BCUT2D eigenvalue weighted by molar-refractivity contribution is 6.30. The topological polar surface area (TPSA) is 29.9 Å². The van der Waals surface area contributed by atoms with E-state index in [2.05, 4.69) is 41.6 Å². The third-order valence-electron chi connectivity index (χ3n) is 3.69. The largest absolute Gasteiger partial charge is 0.316 e. The second-order valence-electron chi connectivity index (χ2n) is 5.36. The fourth-order valence-corrected chi connectivity index (χ4v) is 2.80. The molecule has 3 nitrogen and oxygen atoms in total. The molecule has 2 aromatic rings. The molecule has 0 radical (unpaired) electrons. The molecule has 0 spiro atoms. The van der Waals surface area contributed by atoms with Crippen LogP contribution in [0.15, 0.2) is 24.3 Å². The zero-order valence-corrected chi connectivity index (χ0v) is 13.3. The van der Waals surface area contributed by atoms with Gasteiger partial charge < -0.3 is 5.32 Å². The molecule has 0 saturated heterocycles. The summed E-state index contributed by atoms with van der Waals surface area (Å²) in [5.74, 6) is 0. The van der Waals surface area contributed by atoms with Crippen LogP contribution < -0.4 is 5.32 Å². The average molecular weight is 292 g/mol. The molecular formula is C16H22ClN3. The molecule has 20 heavy (non-hydrogen) atoms. The first-order valence-corrected chi connectivity index (χ1v) is 7.30. The normalized spacial score (nSPS) is 12.7. The van der Waals surface area contributed by atoms with Gasteiger partial charge in [-0.25, -0.2) is 0 Å². The number of halogens is 1. The van der Waals surface area contributed by atoms with Gasteiger partial charge in [0.25, 0.3) is 0 Å². The van der Waals surface area contributed by atoms with E-state index in [4.69, 9.17) is 11.6 Å². The number of nitrogens with zero attached hydrogens (tertiary/aromatic N) is 2. The van der Waals surface area contributed by atoms with Gasteiger partial charge in [-0.15, -0.1) is 0 Å². The maximum Gasteiger partial charge on any atom is 0.130 e. The first-order chi connectivity index (χ1) is 9.51. The van der Waals surface area contributed by atoms with Gasteiger partial charge in [0.15, 0.2) is 0 Å². The Bertz CT molecular complexity index is 589. The molecule has 1 N–H and O–H groups in total. The minimum absolute atomic E-state index is 0.359. The fourth-order valence-electron chi connectivity index (χ4n) is 2.55. The summed E-state index contributed by atoms with van der Waals surface area (Å²) in [6.07, 6.45) is 1.88. The Morgan fingerprint density at radius 3 is 2.60 bits per heavy atom. The van der Waals surface area contributed by atoms with Crippen LogP contribution in [0.25, 0.3) is 0 Å². The Labute approximate surface area is 126 Å². The van der Waals surface area contributed by atoms with E-state index in [1.54, 1.807) is 4.68 Å². The monoisotopic (exact) mass is 291 g/mol. The lowest BCUT2D eigenvalue weighted by Crippen LogP contribution is -2.30. The van der Waals surface area contributed by atoms with Crippen molar-refractivity contribution in [3.63, 3.8) is 0 Å². The minimum Gasteiger partial charge on any atom is -0.316 e. The standard InChI is InChI=1S/C16H22ClN3/c1-11-6-5-7-13(8-11)9-14(18-3)10-15-12(2)19-20(4)16(15)17/h5-8,14,18H,9-10H2,1-4H3. The summed E-state index contributed by atoms with van der Waals surface area (Å²) in [7, 11) is 3.88. The van der Waals surface area contributed by atoms with Crippen molar-refractivity contribution in [2.45, 2.75) is 32.7 Å². The molecule has 4 heteroatoms. The SMILES string of the molecule is CNC(Cc1cccc(C)c1)Cc1c(C)nn(C)c1Cl. The van der Waals surface area contributed by atoms with Crippen molar-refractivity contribution in [3.05, 3.63) is 51.8 Å². The molecule has 0 saturated carbocycles. The van der Waals surface area contributed by atoms with Crippen molar-refractivity contribution in [3.8, 4) is 0 Å². The highest BCUT2D eigenvalue weighted by Crippen LogP contribution is 2.21. The molecule has 1 aromatic carbocycles. The smallest absolute Gasteiger partial charge is 0.130 e. The lowest BCUT2D eigenvalue weighted by atomic mass is 9.98. The molecule has 0 aliphatic rings. The van der Waals surface area contributed by atoms with Gasteiger partial charge in [-0.3, -0.25) is 4.68 Å². The lowest BCUT2D eigenvalue weighted by molar-refractivity contribution is 0.555. The fraction of sp³-hybridized carbons (Fsp3) is 0.438. The highest BCUT2D eigenvalue weighted by atomic mass is 35.5. The Hall–Kier alpha value is -1.32. The third-order valence-corrected chi connectivity index (χ3v) is 4.17. The molecule has 108 valence electrons. The lowest BCUT2D eigenvalue weighted by Gasteiger charge is -2.16. The van der Waals surface area contributed by atoms with Crippen molar-refractivity contribution in [1.29, 1.82) is 0 Å². The van der Waals surface area contributed by atoms with E-state index in [0.717, 1.165) is 29.3 Å². The number of benzene rings is 1. The van der Waals surface area contributed by atoms with Crippen LogP contribution >= 0.6 is 11.6 Å². The van der Waals surface area contributed by atoms with Gasteiger partial charge in [-0.1, -0.05) is 41.4 Å². The summed E-state index contributed by atoms with van der Waals surface area (Å²) < 4.78 is 1.74. The van der Waals surface area contributed by atoms with Gasteiger partial charge in [-0.05, 0) is 39.3 Å². The van der Waals surface area contributed by atoms with Crippen LogP contribution in [0.5, 0.6) is 0 Å². The van der Waals surface area contributed by atoms with Crippen LogP contribution in [-0.2, 0) is 19.9 Å². The van der Waals surface area contributed by atoms with Crippen LogP contribution in [0.2, 0.25) is 5.15 Å². The molecule has 0 aliphatic heterocycles. The van der Waals surface area contributed by atoms with Crippen molar-refractivity contribution in [2.75, 3.05) is 7.05 Å². The first-order valence-electron chi connectivity index (χ1n) is 6.92. The summed E-state index contributed by atoms with van der Waals surface area (Å²) in [4.78, 5) is 0. The van der Waals surface area contributed by atoms with E-state index in [1.807, 2.05) is 21.0 Å². The molecule has 1 unspecified atom stereocenters. The van der Waals surface area contributed by atoms with Crippen molar-refractivity contribution >= 4 is 11.6 Å². The van der Waals surface area contributed by atoms with Gasteiger partial charge >= 0.3 is 0 Å². The summed E-state index contributed by atoms with van der Waals surface area (Å²) in [5.41, 5.74) is 4.80. The molecule has 1 atom stereocenters. The van der Waals surface area contributed by atoms with Crippen LogP contribution in [-0.4, -0.2) is 22.9 Å². The van der Waals surface area contributed by atoms with Crippen LogP contribution in [0, 0.1) is 13.8 Å². The Morgan fingerprint density at radius 1 is 1.30 bits per heavy atom. The molecule has 0 bridgehead atoms. The number of likely N-dealkylation sites (N-methyl/N-ethyl adjacent to an activating group) is 1. The number of aryl methyl sites for hydroxylation is 3. The zero-order chi connectivity index (χ0) is 14.7. The van der Waals surface area contributed by atoms with E-state index in [-0.39, 0.29) is 0 Å². The minimum atomic E-state index is 0.359. The summed E-state index contributed by atoms with van der Waals surface area (Å²) in [5, 5.41) is 8.51. The van der Waals surface area contributed by atoms with Gasteiger partial charge in [-0.2, -0.15) is 5.10 Å². The second kappa shape index (κ2) is 6.42. The predicted molar refractivity (Wildman–Crippen MR) is 84.4 cm³/mol. The highest BCUT2D eigenvalue weighted by Gasteiger charge is 2.16. The first kappa shape index (κ1) is 15.1. The van der Waals surface area contributed by atoms with Crippen LogP contribution in [0.4, 0.5) is 0 Å². The van der Waals surface area contributed by atoms with Gasteiger partial charge in [0.05, 0.1) is 5.69 Å². The van der Waals surface area contributed by atoms with E-state index in [1.165, 1.54) is 11.1 Å². The quantitative estimate of drug-likeness (QED) is 0.917. The second-order valence-corrected chi connectivity index (χ2v) is 5.72. The predicted octanol–water partition coefficient (Wildman–Crippen LogP) is 3.06. The Morgan fingerprint density at radius 2 is 2.05 bits per heavy atom.